The van der Waals surface area contributed by atoms with Crippen molar-refractivity contribution in [2.24, 2.45) is 0 Å². The molecule has 4 aromatic carbocycles. The van der Waals surface area contributed by atoms with Crippen LogP contribution in [0.15, 0.2) is 101 Å². The maximum atomic E-state index is 13.1. The van der Waals surface area contributed by atoms with Crippen molar-refractivity contribution < 1.29 is 14.3 Å². The molecular formula is C27H18N2O3S. The van der Waals surface area contributed by atoms with Crippen LogP contribution in [0.3, 0.4) is 0 Å². The second kappa shape index (κ2) is 7.53. The molecule has 0 aromatic heterocycles. The molecule has 0 spiro atoms. The van der Waals surface area contributed by atoms with Gasteiger partial charge in [0.2, 0.25) is 0 Å². The van der Waals surface area contributed by atoms with Crippen LogP contribution in [0, 0.1) is 0 Å². The molecule has 6 heteroatoms. The Hall–Kier alpha value is -4.03. The van der Waals surface area contributed by atoms with E-state index in [1.54, 1.807) is 49.2 Å². The molecule has 2 aliphatic rings. The maximum Gasteiger partial charge on any atom is 0.266 e. The first kappa shape index (κ1) is 19.6. The van der Waals surface area contributed by atoms with Crippen LogP contribution in [-0.2, 0) is 0 Å². The van der Waals surface area contributed by atoms with Crippen molar-refractivity contribution in [3.8, 4) is 5.75 Å². The Balaban J connectivity index is 1.53. The van der Waals surface area contributed by atoms with Crippen molar-refractivity contribution in [3.05, 3.63) is 102 Å². The van der Waals surface area contributed by atoms with E-state index in [4.69, 9.17) is 4.74 Å². The minimum absolute atomic E-state index is 0.329. The van der Waals surface area contributed by atoms with Crippen LogP contribution in [0.2, 0.25) is 0 Å². The molecule has 5 nitrogen and oxygen atoms in total. The summed E-state index contributed by atoms with van der Waals surface area (Å²) in [7, 11) is 1.58. The topological polar surface area (TPSA) is 49.9 Å². The highest BCUT2D eigenvalue weighted by molar-refractivity contribution is 7.99. The van der Waals surface area contributed by atoms with Crippen molar-refractivity contribution >= 4 is 46.3 Å². The Bertz CT molecular complexity index is 1370. The average molecular weight is 451 g/mol. The van der Waals surface area contributed by atoms with E-state index in [0.29, 0.717) is 22.6 Å². The summed E-state index contributed by atoms with van der Waals surface area (Å²) in [5.74, 6) is -0.0955. The van der Waals surface area contributed by atoms with Gasteiger partial charge in [-0.1, -0.05) is 48.2 Å². The number of benzene rings is 4. The second-order valence-corrected chi connectivity index (χ2v) is 8.84. The van der Waals surface area contributed by atoms with E-state index in [9.17, 15) is 9.59 Å². The molecule has 0 saturated heterocycles. The van der Waals surface area contributed by atoms with Gasteiger partial charge in [0.1, 0.15) is 5.75 Å². The van der Waals surface area contributed by atoms with Gasteiger partial charge in [-0.15, -0.1) is 0 Å². The number of hydrogen-bond donors (Lipinski definition) is 0. The predicted molar refractivity (Wildman–Crippen MR) is 129 cm³/mol. The van der Waals surface area contributed by atoms with Gasteiger partial charge in [-0.25, -0.2) is 4.90 Å². The van der Waals surface area contributed by atoms with E-state index in [-0.39, 0.29) is 11.8 Å². The maximum absolute atomic E-state index is 13.1. The highest BCUT2D eigenvalue weighted by Gasteiger charge is 2.37. The summed E-state index contributed by atoms with van der Waals surface area (Å²) in [4.78, 5) is 31.9. The molecule has 0 N–H and O–H groups in total. The summed E-state index contributed by atoms with van der Waals surface area (Å²) in [6, 6.07) is 28.8. The zero-order chi connectivity index (χ0) is 22.5. The molecule has 0 saturated carbocycles. The number of nitrogens with zero attached hydrogens (tertiary/aromatic N) is 2. The molecule has 0 fully saturated rings. The van der Waals surface area contributed by atoms with E-state index in [0.717, 1.165) is 26.9 Å². The Labute approximate surface area is 195 Å². The number of hydrogen-bond acceptors (Lipinski definition) is 5. The third-order valence-electron chi connectivity index (χ3n) is 5.85. The monoisotopic (exact) mass is 450 g/mol. The molecule has 0 bridgehead atoms. The summed E-state index contributed by atoms with van der Waals surface area (Å²) in [5, 5.41) is 0. The molecule has 6 rings (SSSR count). The molecule has 2 aliphatic heterocycles. The van der Waals surface area contributed by atoms with E-state index < -0.39 is 0 Å². The Morgan fingerprint density at radius 2 is 1.12 bits per heavy atom. The first-order valence-corrected chi connectivity index (χ1v) is 11.3. The minimum Gasteiger partial charge on any atom is -0.497 e. The molecule has 0 radical (unpaired) electrons. The normalized spacial score (nSPS) is 14.1. The van der Waals surface area contributed by atoms with Crippen molar-refractivity contribution in [2.75, 3.05) is 16.9 Å². The number of anilines is 4. The second-order valence-electron chi connectivity index (χ2n) is 7.75. The molecule has 0 aliphatic carbocycles. The number of para-hydroxylation sites is 2. The smallest absolute Gasteiger partial charge is 0.266 e. The van der Waals surface area contributed by atoms with Gasteiger partial charge in [-0.05, 0) is 42.5 Å². The lowest BCUT2D eigenvalue weighted by Crippen LogP contribution is -2.29. The number of fused-ring (bicyclic) bond motifs is 3. The SMILES string of the molecule is COc1cc(N2C(=O)c3ccccc3C2=O)cc(N2c3ccccc3Sc3ccccc32)c1. The number of carbonyl (C=O) groups excluding carboxylic acids is 2. The first-order chi connectivity index (χ1) is 16.2. The average Bonchev–Trinajstić information content (AvgIpc) is 3.12. The van der Waals surface area contributed by atoms with Crippen molar-refractivity contribution in [1.29, 1.82) is 0 Å². The fourth-order valence-corrected chi connectivity index (χ4v) is 5.41. The number of carbonyl (C=O) groups is 2. The highest BCUT2D eigenvalue weighted by atomic mass is 32.2. The van der Waals surface area contributed by atoms with E-state index in [1.165, 1.54) is 4.90 Å². The zero-order valence-corrected chi connectivity index (χ0v) is 18.5. The summed E-state index contributed by atoms with van der Waals surface area (Å²) in [6.45, 7) is 0. The van der Waals surface area contributed by atoms with Gasteiger partial charge >= 0.3 is 0 Å². The molecule has 33 heavy (non-hydrogen) atoms. The Morgan fingerprint density at radius 1 is 0.636 bits per heavy atom. The summed E-state index contributed by atoms with van der Waals surface area (Å²) < 4.78 is 5.59. The standard InChI is InChI=1S/C27H18N2O3S/c1-32-19-15-17(14-18(16-19)29-26(30)20-8-2-3-9-21(20)27(29)31)28-22-10-4-6-12-24(22)33-25-13-7-5-11-23(25)28/h2-16H,1H3. The van der Waals surface area contributed by atoms with Crippen LogP contribution >= 0.6 is 11.8 Å². The number of ether oxygens (including phenoxy) is 1. The number of amides is 2. The quantitative estimate of drug-likeness (QED) is 0.297. The number of methoxy groups -OCH3 is 1. The van der Waals surface area contributed by atoms with Gasteiger partial charge in [0.05, 0.1) is 41.0 Å². The summed E-state index contributed by atoms with van der Waals surface area (Å²) >= 11 is 1.72. The van der Waals surface area contributed by atoms with Crippen molar-refractivity contribution in [1.82, 2.24) is 0 Å². The van der Waals surface area contributed by atoms with Crippen LogP contribution in [0.1, 0.15) is 20.7 Å². The predicted octanol–water partition coefficient (Wildman–Crippen LogP) is 6.43. The van der Waals surface area contributed by atoms with Crippen molar-refractivity contribution in [3.63, 3.8) is 0 Å². The van der Waals surface area contributed by atoms with Crippen LogP contribution in [0.4, 0.5) is 22.7 Å². The molecule has 0 unspecified atom stereocenters. The summed E-state index contributed by atoms with van der Waals surface area (Å²) in [6.07, 6.45) is 0. The van der Waals surface area contributed by atoms with Gasteiger partial charge in [0.15, 0.2) is 0 Å². The lowest BCUT2D eigenvalue weighted by atomic mass is 10.1. The third-order valence-corrected chi connectivity index (χ3v) is 6.98. The van der Waals surface area contributed by atoms with Crippen LogP contribution in [-0.4, -0.2) is 18.9 Å². The van der Waals surface area contributed by atoms with Crippen LogP contribution in [0.5, 0.6) is 5.75 Å². The minimum atomic E-state index is -0.329. The van der Waals surface area contributed by atoms with E-state index >= 15 is 0 Å². The Morgan fingerprint density at radius 3 is 1.67 bits per heavy atom. The fourth-order valence-electron chi connectivity index (χ4n) is 4.35. The van der Waals surface area contributed by atoms with Crippen LogP contribution < -0.4 is 14.5 Å². The summed E-state index contributed by atoms with van der Waals surface area (Å²) in [5.41, 5.74) is 4.17. The molecular weight excluding hydrogens is 432 g/mol. The molecule has 2 heterocycles. The van der Waals surface area contributed by atoms with Gasteiger partial charge in [0, 0.05) is 21.9 Å². The Kier molecular flexibility index (Phi) is 4.48. The molecule has 0 atom stereocenters. The largest absolute Gasteiger partial charge is 0.497 e. The van der Waals surface area contributed by atoms with Gasteiger partial charge in [-0.3, -0.25) is 9.59 Å². The highest BCUT2D eigenvalue weighted by Crippen LogP contribution is 2.52. The third kappa shape index (κ3) is 3.02. The van der Waals surface area contributed by atoms with E-state index in [1.807, 2.05) is 36.4 Å². The fraction of sp³-hybridized carbons (Fsp3) is 0.0370. The van der Waals surface area contributed by atoms with Gasteiger partial charge in [-0.2, -0.15) is 0 Å². The van der Waals surface area contributed by atoms with Crippen molar-refractivity contribution in [2.45, 2.75) is 9.79 Å². The van der Waals surface area contributed by atoms with E-state index in [2.05, 4.69) is 29.2 Å². The molecule has 160 valence electrons. The first-order valence-electron chi connectivity index (χ1n) is 10.5. The van der Waals surface area contributed by atoms with Gasteiger partial charge < -0.3 is 9.64 Å². The molecule has 4 aromatic rings. The lowest BCUT2D eigenvalue weighted by Gasteiger charge is -2.33. The zero-order valence-electron chi connectivity index (χ0n) is 17.7. The number of imide groups is 1. The van der Waals surface area contributed by atoms with Crippen LogP contribution in [0.25, 0.3) is 0 Å². The van der Waals surface area contributed by atoms with Gasteiger partial charge in [0.25, 0.3) is 11.8 Å². The number of rotatable bonds is 3. The lowest BCUT2D eigenvalue weighted by molar-refractivity contribution is 0.0926. The molecule has 2 amide bonds.